The summed E-state index contributed by atoms with van der Waals surface area (Å²) in [5.41, 5.74) is 1.44. The fourth-order valence-electron chi connectivity index (χ4n) is 3.45. The molecule has 3 unspecified atom stereocenters. The Bertz CT molecular complexity index is 404. The molecule has 2 aliphatic rings. The van der Waals surface area contributed by atoms with Crippen molar-refractivity contribution < 1.29 is 4.74 Å². The third-order valence-electron chi connectivity index (χ3n) is 4.49. The van der Waals surface area contributed by atoms with Gasteiger partial charge in [0.05, 0.1) is 6.61 Å². The number of benzene rings is 1. The highest BCUT2D eigenvalue weighted by Crippen LogP contribution is 2.42. The lowest BCUT2D eigenvalue weighted by Crippen LogP contribution is -2.24. The number of hydrogen-bond donors (Lipinski definition) is 0. The molecule has 1 aromatic rings. The van der Waals surface area contributed by atoms with Crippen molar-refractivity contribution in [2.24, 2.45) is 5.92 Å². The number of ether oxygens (including phenoxy) is 1. The smallest absolute Gasteiger partial charge is 0.122 e. The van der Waals surface area contributed by atoms with Crippen molar-refractivity contribution in [1.82, 2.24) is 0 Å². The quantitative estimate of drug-likeness (QED) is 0.706. The van der Waals surface area contributed by atoms with Crippen LogP contribution in [0.3, 0.4) is 0 Å². The van der Waals surface area contributed by atoms with Crippen LogP contribution in [0.5, 0.6) is 5.75 Å². The number of fused-ring (bicyclic) bond motifs is 1. The third kappa shape index (κ3) is 2.59. The minimum atomic E-state index is 0.707. The molecule has 0 radical (unpaired) electrons. The average molecular weight is 309 g/mol. The molecule has 1 nitrogen and oxygen atoms in total. The lowest BCUT2D eigenvalue weighted by Gasteiger charge is -2.33. The maximum absolute atomic E-state index is 5.76. The zero-order chi connectivity index (χ0) is 12.4. The van der Waals surface area contributed by atoms with Gasteiger partial charge >= 0.3 is 0 Å². The van der Waals surface area contributed by atoms with Crippen molar-refractivity contribution >= 4 is 15.9 Å². The SMILES string of the molecule is BrC1CCCCC1CC1CCOc2ccccc21. The molecule has 1 aromatic carbocycles. The van der Waals surface area contributed by atoms with Gasteiger partial charge in [-0.15, -0.1) is 0 Å². The van der Waals surface area contributed by atoms with Crippen LogP contribution in [0.15, 0.2) is 24.3 Å². The van der Waals surface area contributed by atoms with E-state index in [4.69, 9.17) is 4.74 Å². The molecule has 1 heterocycles. The van der Waals surface area contributed by atoms with E-state index in [9.17, 15) is 0 Å². The van der Waals surface area contributed by atoms with Crippen LogP contribution in [0, 0.1) is 5.92 Å². The Morgan fingerprint density at radius 3 is 2.83 bits per heavy atom. The summed E-state index contributed by atoms with van der Waals surface area (Å²) >= 11 is 3.89. The summed E-state index contributed by atoms with van der Waals surface area (Å²) in [5.74, 6) is 2.68. The Morgan fingerprint density at radius 1 is 1.11 bits per heavy atom. The lowest BCUT2D eigenvalue weighted by molar-refractivity contribution is 0.240. The lowest BCUT2D eigenvalue weighted by atomic mass is 9.79. The van der Waals surface area contributed by atoms with E-state index in [-0.39, 0.29) is 0 Å². The summed E-state index contributed by atoms with van der Waals surface area (Å²) in [7, 11) is 0. The Balaban J connectivity index is 1.73. The van der Waals surface area contributed by atoms with Crippen LogP contribution in [0.25, 0.3) is 0 Å². The van der Waals surface area contributed by atoms with Gasteiger partial charge in [-0.05, 0) is 49.1 Å². The zero-order valence-corrected chi connectivity index (χ0v) is 12.4. The van der Waals surface area contributed by atoms with Crippen LogP contribution in [0.1, 0.15) is 50.0 Å². The molecule has 0 aromatic heterocycles. The molecule has 0 saturated heterocycles. The van der Waals surface area contributed by atoms with Gasteiger partial charge < -0.3 is 4.74 Å². The van der Waals surface area contributed by atoms with E-state index in [1.54, 1.807) is 0 Å². The molecule has 1 saturated carbocycles. The molecule has 0 spiro atoms. The van der Waals surface area contributed by atoms with Gasteiger partial charge in [0.1, 0.15) is 5.75 Å². The first-order chi connectivity index (χ1) is 8.84. The molecule has 3 rings (SSSR count). The largest absolute Gasteiger partial charge is 0.493 e. The van der Waals surface area contributed by atoms with E-state index in [1.807, 2.05) is 0 Å². The van der Waals surface area contributed by atoms with Gasteiger partial charge in [0.25, 0.3) is 0 Å². The minimum Gasteiger partial charge on any atom is -0.493 e. The van der Waals surface area contributed by atoms with Gasteiger partial charge in [-0.3, -0.25) is 0 Å². The fourth-order valence-corrected chi connectivity index (χ4v) is 4.26. The van der Waals surface area contributed by atoms with Crippen LogP contribution in [-0.4, -0.2) is 11.4 Å². The van der Waals surface area contributed by atoms with E-state index in [0.29, 0.717) is 5.92 Å². The monoisotopic (exact) mass is 308 g/mol. The predicted octanol–water partition coefficient (Wildman–Crippen LogP) is 4.90. The normalized spacial score (nSPS) is 31.5. The van der Waals surface area contributed by atoms with E-state index in [2.05, 4.69) is 40.2 Å². The van der Waals surface area contributed by atoms with Crippen molar-refractivity contribution in [3.8, 4) is 5.75 Å². The molecule has 3 atom stereocenters. The highest BCUT2D eigenvalue weighted by Gasteiger charge is 2.29. The topological polar surface area (TPSA) is 9.23 Å². The average Bonchev–Trinajstić information content (AvgIpc) is 2.42. The molecule has 0 N–H and O–H groups in total. The second kappa shape index (κ2) is 5.64. The molecule has 1 aliphatic heterocycles. The van der Waals surface area contributed by atoms with Crippen LogP contribution < -0.4 is 4.74 Å². The van der Waals surface area contributed by atoms with E-state index < -0.39 is 0 Å². The third-order valence-corrected chi connectivity index (χ3v) is 5.69. The Kier molecular flexibility index (Phi) is 3.93. The van der Waals surface area contributed by atoms with Crippen LogP contribution in [-0.2, 0) is 0 Å². The fraction of sp³-hybridized carbons (Fsp3) is 0.625. The summed E-state index contributed by atoms with van der Waals surface area (Å²) in [6, 6.07) is 8.60. The first-order valence-corrected chi connectivity index (χ1v) is 8.12. The van der Waals surface area contributed by atoms with Crippen molar-refractivity contribution in [1.29, 1.82) is 0 Å². The number of halogens is 1. The highest BCUT2D eigenvalue weighted by molar-refractivity contribution is 9.09. The zero-order valence-electron chi connectivity index (χ0n) is 10.8. The molecule has 1 aliphatic carbocycles. The van der Waals surface area contributed by atoms with Gasteiger partial charge in [-0.25, -0.2) is 0 Å². The molecule has 1 fully saturated rings. The minimum absolute atomic E-state index is 0.707. The molecular formula is C16H21BrO. The van der Waals surface area contributed by atoms with Crippen molar-refractivity contribution in [3.05, 3.63) is 29.8 Å². The summed E-state index contributed by atoms with van der Waals surface area (Å²) in [6.07, 6.45) is 8.09. The number of alkyl halides is 1. The van der Waals surface area contributed by atoms with E-state index in [0.717, 1.165) is 23.1 Å². The van der Waals surface area contributed by atoms with E-state index in [1.165, 1.54) is 44.1 Å². The first kappa shape index (κ1) is 12.5. The number of para-hydroxylation sites is 1. The van der Waals surface area contributed by atoms with Crippen LogP contribution >= 0.6 is 15.9 Å². The Hall–Kier alpha value is -0.500. The summed E-state index contributed by atoms with van der Waals surface area (Å²) in [5, 5.41) is 0. The summed E-state index contributed by atoms with van der Waals surface area (Å²) in [6.45, 7) is 0.890. The van der Waals surface area contributed by atoms with E-state index >= 15 is 0 Å². The molecule has 98 valence electrons. The van der Waals surface area contributed by atoms with Crippen molar-refractivity contribution in [2.45, 2.75) is 49.3 Å². The van der Waals surface area contributed by atoms with Crippen LogP contribution in [0.2, 0.25) is 0 Å². The molecule has 18 heavy (non-hydrogen) atoms. The standard InChI is InChI=1S/C16H21BrO/c17-15-7-3-1-5-13(15)11-12-9-10-18-16-8-4-2-6-14(12)16/h2,4,6,8,12-13,15H,1,3,5,7,9-11H2. The highest BCUT2D eigenvalue weighted by atomic mass is 79.9. The van der Waals surface area contributed by atoms with Crippen LogP contribution in [0.4, 0.5) is 0 Å². The maximum atomic E-state index is 5.76. The Morgan fingerprint density at radius 2 is 1.94 bits per heavy atom. The number of hydrogen-bond acceptors (Lipinski definition) is 1. The van der Waals surface area contributed by atoms with Gasteiger partial charge in [-0.2, -0.15) is 0 Å². The first-order valence-electron chi connectivity index (χ1n) is 7.20. The van der Waals surface area contributed by atoms with Gasteiger partial charge in [0, 0.05) is 4.83 Å². The second-order valence-corrected chi connectivity index (χ2v) is 6.84. The molecule has 2 heteroatoms. The van der Waals surface area contributed by atoms with Gasteiger partial charge in [0.15, 0.2) is 0 Å². The van der Waals surface area contributed by atoms with Gasteiger partial charge in [-0.1, -0.05) is 47.0 Å². The molecule has 0 amide bonds. The van der Waals surface area contributed by atoms with Gasteiger partial charge in [0.2, 0.25) is 0 Å². The summed E-state index contributed by atoms with van der Waals surface area (Å²) in [4.78, 5) is 0.737. The number of rotatable bonds is 2. The summed E-state index contributed by atoms with van der Waals surface area (Å²) < 4.78 is 5.76. The molecular weight excluding hydrogens is 288 g/mol. The predicted molar refractivity (Wildman–Crippen MR) is 78.6 cm³/mol. The van der Waals surface area contributed by atoms with Crippen molar-refractivity contribution in [2.75, 3.05) is 6.61 Å². The molecule has 0 bridgehead atoms. The van der Waals surface area contributed by atoms with Crippen molar-refractivity contribution in [3.63, 3.8) is 0 Å². The second-order valence-electron chi connectivity index (χ2n) is 5.67. The maximum Gasteiger partial charge on any atom is 0.122 e. The Labute approximate surface area is 118 Å².